The van der Waals surface area contributed by atoms with Gasteiger partial charge in [0.2, 0.25) is 5.89 Å². The van der Waals surface area contributed by atoms with Crippen LogP contribution in [0.25, 0.3) is 22.6 Å². The zero-order valence-electron chi connectivity index (χ0n) is 14.2. The highest BCUT2D eigenvalue weighted by Gasteiger charge is 2.13. The van der Waals surface area contributed by atoms with E-state index in [0.717, 1.165) is 16.9 Å². The Bertz CT molecular complexity index is 1160. The molecule has 0 atom stereocenters. The Kier molecular flexibility index (Phi) is 5.42. The number of fused-ring (bicyclic) bond motifs is 1. The molecule has 1 aromatic heterocycles. The quantitative estimate of drug-likeness (QED) is 0.323. The first-order chi connectivity index (χ1) is 13.5. The molecular formula is C20H12Cl3N3OS. The number of rotatable bonds is 3. The number of nitrogens with zero attached hydrogens (tertiary/aromatic N) is 1. The van der Waals surface area contributed by atoms with Gasteiger partial charge in [0.25, 0.3) is 0 Å². The van der Waals surface area contributed by atoms with Gasteiger partial charge in [-0.05, 0) is 60.7 Å². The number of para-hydroxylation sites is 2. The van der Waals surface area contributed by atoms with E-state index in [-0.39, 0.29) is 0 Å². The number of hydrogen-bond acceptors (Lipinski definition) is 3. The van der Waals surface area contributed by atoms with E-state index >= 15 is 0 Å². The fourth-order valence-corrected chi connectivity index (χ4v) is 3.35. The van der Waals surface area contributed by atoms with Crippen molar-refractivity contribution in [2.24, 2.45) is 0 Å². The van der Waals surface area contributed by atoms with Crippen LogP contribution in [0.4, 0.5) is 11.4 Å². The summed E-state index contributed by atoms with van der Waals surface area (Å²) >= 11 is 23.7. The third-order valence-electron chi connectivity index (χ3n) is 3.93. The molecule has 0 unspecified atom stereocenters. The molecule has 140 valence electrons. The summed E-state index contributed by atoms with van der Waals surface area (Å²) in [6.45, 7) is 0. The van der Waals surface area contributed by atoms with E-state index in [1.807, 2.05) is 36.4 Å². The predicted molar refractivity (Wildman–Crippen MR) is 121 cm³/mol. The smallest absolute Gasteiger partial charge is 0.228 e. The summed E-state index contributed by atoms with van der Waals surface area (Å²) in [4.78, 5) is 4.50. The van der Waals surface area contributed by atoms with Crippen LogP contribution in [-0.4, -0.2) is 10.1 Å². The Morgan fingerprint density at radius 2 is 1.50 bits per heavy atom. The molecule has 4 aromatic rings. The summed E-state index contributed by atoms with van der Waals surface area (Å²) in [5.41, 5.74) is 3.59. The van der Waals surface area contributed by atoms with Gasteiger partial charge in [-0.25, -0.2) is 4.98 Å². The largest absolute Gasteiger partial charge is 0.436 e. The van der Waals surface area contributed by atoms with Gasteiger partial charge in [-0.2, -0.15) is 0 Å². The fraction of sp³-hybridized carbons (Fsp3) is 0. The van der Waals surface area contributed by atoms with Gasteiger partial charge in [-0.3, -0.25) is 0 Å². The van der Waals surface area contributed by atoms with Crippen molar-refractivity contribution in [3.8, 4) is 11.5 Å². The molecule has 0 bridgehead atoms. The molecule has 0 saturated heterocycles. The zero-order valence-corrected chi connectivity index (χ0v) is 17.3. The van der Waals surface area contributed by atoms with Gasteiger partial charge in [0, 0.05) is 11.4 Å². The van der Waals surface area contributed by atoms with Crippen LogP contribution >= 0.6 is 47.0 Å². The lowest BCUT2D eigenvalue weighted by atomic mass is 10.2. The summed E-state index contributed by atoms with van der Waals surface area (Å²) < 4.78 is 5.82. The first-order valence-corrected chi connectivity index (χ1v) is 9.72. The van der Waals surface area contributed by atoms with Crippen molar-refractivity contribution in [3.63, 3.8) is 0 Å². The predicted octanol–water partition coefficient (Wildman–Crippen LogP) is 7.26. The standard InChI is InChI=1S/C20H12Cl3N3OS/c21-14-7-5-11(24-20(28)25-12-6-8-15(22)16(23)10-12)9-13(14)19-26-17-3-1-2-4-18(17)27-19/h1-10H,(H2,24,25,28). The van der Waals surface area contributed by atoms with Crippen molar-refractivity contribution in [1.29, 1.82) is 0 Å². The molecule has 3 aromatic carbocycles. The van der Waals surface area contributed by atoms with Crippen LogP contribution in [0.15, 0.2) is 65.1 Å². The van der Waals surface area contributed by atoms with Crippen LogP contribution in [0.2, 0.25) is 15.1 Å². The fourth-order valence-electron chi connectivity index (χ4n) is 2.62. The summed E-state index contributed by atoms with van der Waals surface area (Å²) in [6, 6.07) is 18.1. The third-order valence-corrected chi connectivity index (χ3v) is 5.20. The van der Waals surface area contributed by atoms with Crippen LogP contribution in [0.5, 0.6) is 0 Å². The number of thiocarbonyl (C=S) groups is 1. The van der Waals surface area contributed by atoms with Gasteiger partial charge >= 0.3 is 0 Å². The highest BCUT2D eigenvalue weighted by molar-refractivity contribution is 7.80. The lowest BCUT2D eigenvalue weighted by molar-refractivity contribution is 0.620. The Balaban J connectivity index is 1.56. The van der Waals surface area contributed by atoms with Crippen LogP contribution < -0.4 is 10.6 Å². The molecule has 1 heterocycles. The summed E-state index contributed by atoms with van der Waals surface area (Å²) in [7, 11) is 0. The molecule has 0 spiro atoms. The molecule has 0 aliphatic rings. The van der Waals surface area contributed by atoms with E-state index in [0.29, 0.717) is 37.2 Å². The Labute approximate surface area is 181 Å². The minimum atomic E-state index is 0.393. The first kappa shape index (κ1) is 19.0. The lowest BCUT2D eigenvalue weighted by Crippen LogP contribution is -2.19. The van der Waals surface area contributed by atoms with Crippen molar-refractivity contribution in [1.82, 2.24) is 4.98 Å². The second kappa shape index (κ2) is 7.97. The molecule has 0 saturated carbocycles. The SMILES string of the molecule is S=C(Nc1ccc(Cl)c(Cl)c1)Nc1ccc(Cl)c(-c2nc3ccccc3o2)c1. The average Bonchev–Trinajstić information content (AvgIpc) is 3.10. The van der Waals surface area contributed by atoms with Crippen molar-refractivity contribution in [2.75, 3.05) is 10.6 Å². The Morgan fingerprint density at radius 1 is 0.821 bits per heavy atom. The molecular weight excluding hydrogens is 437 g/mol. The summed E-state index contributed by atoms with van der Waals surface area (Å²) in [5, 5.41) is 8.01. The maximum absolute atomic E-state index is 6.35. The monoisotopic (exact) mass is 447 g/mol. The maximum atomic E-state index is 6.35. The zero-order chi connectivity index (χ0) is 19.7. The number of benzene rings is 3. The molecule has 2 N–H and O–H groups in total. The number of nitrogens with one attached hydrogen (secondary N) is 2. The molecule has 28 heavy (non-hydrogen) atoms. The van der Waals surface area contributed by atoms with Crippen molar-refractivity contribution in [2.45, 2.75) is 0 Å². The average molecular weight is 449 g/mol. The molecule has 4 nitrogen and oxygen atoms in total. The second-order valence-electron chi connectivity index (χ2n) is 5.89. The van der Waals surface area contributed by atoms with E-state index in [1.54, 1.807) is 24.3 Å². The Hall–Kier alpha value is -2.31. The van der Waals surface area contributed by atoms with Crippen molar-refractivity contribution < 1.29 is 4.42 Å². The van der Waals surface area contributed by atoms with Crippen LogP contribution in [0.3, 0.4) is 0 Å². The van der Waals surface area contributed by atoms with E-state index in [2.05, 4.69) is 15.6 Å². The van der Waals surface area contributed by atoms with Gasteiger partial charge in [0.1, 0.15) is 5.52 Å². The van der Waals surface area contributed by atoms with Gasteiger partial charge in [0.15, 0.2) is 10.7 Å². The van der Waals surface area contributed by atoms with Gasteiger partial charge in [-0.1, -0.05) is 46.9 Å². The van der Waals surface area contributed by atoms with E-state index in [1.165, 1.54) is 0 Å². The molecule has 0 radical (unpaired) electrons. The number of anilines is 2. The maximum Gasteiger partial charge on any atom is 0.228 e. The number of oxazole rings is 1. The molecule has 0 aliphatic heterocycles. The number of aromatic nitrogens is 1. The van der Waals surface area contributed by atoms with Gasteiger partial charge < -0.3 is 15.1 Å². The number of hydrogen-bond donors (Lipinski definition) is 2. The van der Waals surface area contributed by atoms with Gasteiger partial charge in [0.05, 0.1) is 20.6 Å². The molecule has 0 aliphatic carbocycles. The minimum Gasteiger partial charge on any atom is -0.436 e. The Morgan fingerprint density at radius 3 is 2.21 bits per heavy atom. The van der Waals surface area contributed by atoms with E-state index in [4.69, 9.17) is 51.4 Å². The van der Waals surface area contributed by atoms with Crippen molar-refractivity contribution in [3.05, 3.63) is 75.7 Å². The van der Waals surface area contributed by atoms with Crippen LogP contribution in [-0.2, 0) is 0 Å². The molecule has 0 amide bonds. The highest BCUT2D eigenvalue weighted by atomic mass is 35.5. The first-order valence-electron chi connectivity index (χ1n) is 8.18. The lowest BCUT2D eigenvalue weighted by Gasteiger charge is -2.12. The van der Waals surface area contributed by atoms with E-state index in [9.17, 15) is 0 Å². The normalized spacial score (nSPS) is 10.8. The second-order valence-corrected chi connectivity index (χ2v) is 7.52. The topological polar surface area (TPSA) is 50.1 Å². The van der Waals surface area contributed by atoms with E-state index < -0.39 is 0 Å². The minimum absolute atomic E-state index is 0.393. The van der Waals surface area contributed by atoms with Crippen molar-refractivity contribution >= 4 is 74.6 Å². The molecule has 8 heteroatoms. The highest BCUT2D eigenvalue weighted by Crippen LogP contribution is 2.32. The molecule has 4 rings (SSSR count). The summed E-state index contributed by atoms with van der Waals surface area (Å²) in [5.74, 6) is 0.443. The summed E-state index contributed by atoms with van der Waals surface area (Å²) in [6.07, 6.45) is 0. The van der Waals surface area contributed by atoms with Crippen LogP contribution in [0, 0.1) is 0 Å². The van der Waals surface area contributed by atoms with Crippen LogP contribution in [0.1, 0.15) is 0 Å². The third kappa shape index (κ3) is 4.08. The molecule has 0 fully saturated rings. The van der Waals surface area contributed by atoms with Gasteiger partial charge in [-0.15, -0.1) is 0 Å². The number of halogens is 3.